The van der Waals surface area contributed by atoms with Gasteiger partial charge in [0.15, 0.2) is 0 Å². The summed E-state index contributed by atoms with van der Waals surface area (Å²) in [6, 6.07) is 16.7. The number of carbonyl (C=O) groups excluding carboxylic acids is 1. The normalized spacial score (nSPS) is 19.2. The van der Waals surface area contributed by atoms with E-state index in [1.165, 1.54) is 5.56 Å². The summed E-state index contributed by atoms with van der Waals surface area (Å²) in [5.74, 6) is 0.530. The van der Waals surface area contributed by atoms with Crippen LogP contribution in [0.15, 0.2) is 65.6 Å². The van der Waals surface area contributed by atoms with Gasteiger partial charge >= 0.3 is 0 Å². The Balaban J connectivity index is 1.29. The fourth-order valence-electron chi connectivity index (χ4n) is 4.36. The Kier molecular flexibility index (Phi) is 7.63. The zero-order chi connectivity index (χ0) is 23.3. The number of hydrogen-bond acceptors (Lipinski definition) is 4. The first-order valence-electron chi connectivity index (χ1n) is 11.8. The zero-order valence-electron chi connectivity index (χ0n) is 19.3. The van der Waals surface area contributed by atoms with Gasteiger partial charge in [-0.05, 0) is 48.6 Å². The predicted octanol–water partition coefficient (Wildman–Crippen LogP) is 3.58. The molecular formula is C26H33N3O3S. The van der Waals surface area contributed by atoms with E-state index in [9.17, 15) is 13.2 Å². The molecule has 0 aliphatic carbocycles. The number of sulfonamides is 1. The summed E-state index contributed by atoms with van der Waals surface area (Å²) in [5, 5.41) is 0. The fraction of sp³-hybridized carbons (Fsp3) is 0.423. The molecule has 6 nitrogen and oxygen atoms in total. The first-order chi connectivity index (χ1) is 15.9. The Bertz CT molecular complexity index is 1050. The quantitative estimate of drug-likeness (QED) is 0.652. The number of rotatable bonds is 6. The SMILES string of the molecule is CC1CCN(S(=O)(=O)c2ccc(C(=O)N3CCN(CC=Cc4ccccc4)CC3)cc2)CC1. The maximum absolute atomic E-state index is 12.9. The minimum atomic E-state index is -3.49. The lowest BCUT2D eigenvalue weighted by molar-refractivity contribution is 0.0650. The average Bonchev–Trinajstić information content (AvgIpc) is 2.85. The van der Waals surface area contributed by atoms with E-state index in [0.29, 0.717) is 37.7 Å². The van der Waals surface area contributed by atoms with Crippen molar-refractivity contribution in [3.8, 4) is 0 Å². The molecule has 0 atom stereocenters. The Morgan fingerprint density at radius 3 is 2.18 bits per heavy atom. The Morgan fingerprint density at radius 2 is 1.55 bits per heavy atom. The number of benzene rings is 2. The van der Waals surface area contributed by atoms with Gasteiger partial charge in [-0.1, -0.05) is 49.4 Å². The molecule has 1 amide bonds. The van der Waals surface area contributed by atoms with Gasteiger partial charge in [-0.3, -0.25) is 9.69 Å². The average molecular weight is 468 g/mol. The third-order valence-electron chi connectivity index (χ3n) is 6.61. The largest absolute Gasteiger partial charge is 0.336 e. The number of piperazine rings is 1. The second-order valence-electron chi connectivity index (χ2n) is 9.02. The van der Waals surface area contributed by atoms with Crippen LogP contribution in [0, 0.1) is 5.92 Å². The number of carbonyl (C=O) groups is 1. The van der Waals surface area contributed by atoms with Crippen LogP contribution in [-0.4, -0.2) is 74.2 Å². The lowest BCUT2D eigenvalue weighted by Crippen LogP contribution is -2.48. The lowest BCUT2D eigenvalue weighted by Gasteiger charge is -2.34. The van der Waals surface area contributed by atoms with Crippen molar-refractivity contribution < 1.29 is 13.2 Å². The molecule has 0 bridgehead atoms. The van der Waals surface area contributed by atoms with Gasteiger partial charge < -0.3 is 4.90 Å². The molecule has 2 aromatic carbocycles. The van der Waals surface area contributed by atoms with Gasteiger partial charge in [0.2, 0.25) is 10.0 Å². The summed E-state index contributed by atoms with van der Waals surface area (Å²) in [7, 11) is -3.49. The highest BCUT2D eigenvalue weighted by atomic mass is 32.2. The van der Waals surface area contributed by atoms with Gasteiger partial charge in [-0.25, -0.2) is 8.42 Å². The smallest absolute Gasteiger partial charge is 0.253 e. The van der Waals surface area contributed by atoms with Crippen molar-refractivity contribution in [3.05, 3.63) is 71.8 Å². The summed E-state index contributed by atoms with van der Waals surface area (Å²) in [6.45, 7) is 7.14. The van der Waals surface area contributed by atoms with Crippen LogP contribution in [0.2, 0.25) is 0 Å². The number of hydrogen-bond donors (Lipinski definition) is 0. The standard InChI is InChI=1S/C26H33N3O3S/c1-22-13-16-29(17-14-22)33(31,32)25-11-9-24(10-12-25)26(30)28-20-18-27(19-21-28)15-5-8-23-6-3-2-4-7-23/h2-12,22H,13-21H2,1H3. The van der Waals surface area contributed by atoms with Gasteiger partial charge in [-0.15, -0.1) is 0 Å². The van der Waals surface area contributed by atoms with Crippen LogP contribution in [0.4, 0.5) is 0 Å². The van der Waals surface area contributed by atoms with Crippen LogP contribution in [-0.2, 0) is 10.0 Å². The molecule has 2 fully saturated rings. The van der Waals surface area contributed by atoms with Crippen molar-refractivity contribution in [2.24, 2.45) is 5.92 Å². The van der Waals surface area contributed by atoms with Crippen LogP contribution >= 0.6 is 0 Å². The second-order valence-corrected chi connectivity index (χ2v) is 11.0. The summed E-state index contributed by atoms with van der Waals surface area (Å²) < 4.78 is 27.4. The van der Waals surface area contributed by atoms with Crippen molar-refractivity contribution >= 4 is 22.0 Å². The van der Waals surface area contributed by atoms with E-state index in [2.05, 4.69) is 36.1 Å². The molecule has 4 rings (SSSR count). The van der Waals surface area contributed by atoms with E-state index in [1.54, 1.807) is 28.6 Å². The van der Waals surface area contributed by atoms with E-state index in [1.807, 2.05) is 23.1 Å². The summed E-state index contributed by atoms with van der Waals surface area (Å²) in [4.78, 5) is 17.4. The van der Waals surface area contributed by atoms with E-state index in [0.717, 1.165) is 32.5 Å². The Morgan fingerprint density at radius 1 is 0.909 bits per heavy atom. The molecule has 2 aliphatic rings. The Hall–Kier alpha value is -2.48. The topological polar surface area (TPSA) is 60.9 Å². The first-order valence-corrected chi connectivity index (χ1v) is 13.2. The molecule has 176 valence electrons. The molecule has 2 aromatic rings. The predicted molar refractivity (Wildman–Crippen MR) is 131 cm³/mol. The van der Waals surface area contributed by atoms with Crippen LogP contribution < -0.4 is 0 Å². The van der Waals surface area contributed by atoms with Gasteiger partial charge in [0.1, 0.15) is 0 Å². The number of piperidine rings is 1. The fourth-order valence-corrected chi connectivity index (χ4v) is 5.83. The van der Waals surface area contributed by atoms with Crippen molar-refractivity contribution in [2.75, 3.05) is 45.8 Å². The van der Waals surface area contributed by atoms with Crippen molar-refractivity contribution in [1.29, 1.82) is 0 Å². The maximum Gasteiger partial charge on any atom is 0.253 e. The molecule has 2 aliphatic heterocycles. The highest BCUT2D eigenvalue weighted by Crippen LogP contribution is 2.24. The molecule has 2 saturated heterocycles. The lowest BCUT2D eigenvalue weighted by atomic mass is 10.0. The van der Waals surface area contributed by atoms with Crippen LogP contribution in [0.5, 0.6) is 0 Å². The monoisotopic (exact) mass is 467 g/mol. The molecule has 2 heterocycles. The molecule has 7 heteroatoms. The molecule has 0 N–H and O–H groups in total. The van der Waals surface area contributed by atoms with E-state index in [4.69, 9.17) is 0 Å². The molecule has 0 unspecified atom stereocenters. The van der Waals surface area contributed by atoms with Crippen molar-refractivity contribution in [3.63, 3.8) is 0 Å². The summed E-state index contributed by atoms with van der Waals surface area (Å²) in [5.41, 5.74) is 1.73. The van der Waals surface area contributed by atoms with Gasteiger partial charge in [-0.2, -0.15) is 4.31 Å². The summed E-state index contributed by atoms with van der Waals surface area (Å²) >= 11 is 0. The molecular weight excluding hydrogens is 434 g/mol. The zero-order valence-corrected chi connectivity index (χ0v) is 20.1. The maximum atomic E-state index is 12.9. The minimum absolute atomic E-state index is 0.0368. The highest BCUT2D eigenvalue weighted by Gasteiger charge is 2.28. The van der Waals surface area contributed by atoms with Gasteiger partial charge in [0.25, 0.3) is 5.91 Å². The molecule has 0 aromatic heterocycles. The third kappa shape index (κ3) is 5.91. The Labute approximate surface area is 197 Å². The van der Waals surface area contributed by atoms with Crippen molar-refractivity contribution in [1.82, 2.24) is 14.1 Å². The van der Waals surface area contributed by atoms with Gasteiger partial charge in [0.05, 0.1) is 4.90 Å². The number of amides is 1. The molecule has 0 saturated carbocycles. The minimum Gasteiger partial charge on any atom is -0.336 e. The van der Waals surface area contributed by atoms with Gasteiger partial charge in [0, 0.05) is 51.4 Å². The van der Waals surface area contributed by atoms with Crippen LogP contribution in [0.3, 0.4) is 0 Å². The van der Waals surface area contributed by atoms with Crippen molar-refractivity contribution in [2.45, 2.75) is 24.7 Å². The first kappa shape index (κ1) is 23.7. The van der Waals surface area contributed by atoms with Crippen LogP contribution in [0.25, 0.3) is 6.08 Å². The van der Waals surface area contributed by atoms with Crippen LogP contribution in [0.1, 0.15) is 35.7 Å². The van der Waals surface area contributed by atoms with E-state index >= 15 is 0 Å². The van der Waals surface area contributed by atoms with E-state index < -0.39 is 10.0 Å². The molecule has 0 spiro atoms. The van der Waals surface area contributed by atoms with E-state index in [-0.39, 0.29) is 10.8 Å². The number of nitrogens with zero attached hydrogens (tertiary/aromatic N) is 3. The third-order valence-corrected chi connectivity index (χ3v) is 8.53. The molecule has 0 radical (unpaired) electrons. The summed E-state index contributed by atoms with van der Waals surface area (Å²) in [6.07, 6.45) is 6.07. The molecule has 33 heavy (non-hydrogen) atoms. The highest BCUT2D eigenvalue weighted by molar-refractivity contribution is 7.89. The second kappa shape index (κ2) is 10.6.